The van der Waals surface area contributed by atoms with Gasteiger partial charge in [0.05, 0.1) is 6.33 Å². The molecular formula is C12H22N4O2. The Kier molecular flexibility index (Phi) is 7.83. The van der Waals surface area contributed by atoms with Gasteiger partial charge in [-0.1, -0.05) is 0 Å². The number of nitrogens with one attached hydrogen (secondary N) is 3. The fourth-order valence-corrected chi connectivity index (χ4v) is 1.46. The molecule has 0 saturated heterocycles. The number of nitrogens with zero attached hydrogens (tertiary/aromatic N) is 1. The zero-order chi connectivity index (χ0) is 13.1. The third-order valence-corrected chi connectivity index (χ3v) is 2.53. The molecular weight excluding hydrogens is 232 g/mol. The molecule has 6 nitrogen and oxygen atoms in total. The zero-order valence-electron chi connectivity index (χ0n) is 10.9. The first kappa shape index (κ1) is 14.7. The highest BCUT2D eigenvalue weighted by molar-refractivity contribution is 5.76. The van der Waals surface area contributed by atoms with Crippen LogP contribution in [0.4, 0.5) is 0 Å². The third kappa shape index (κ3) is 7.03. The summed E-state index contributed by atoms with van der Waals surface area (Å²) >= 11 is 0. The molecule has 1 aromatic heterocycles. The van der Waals surface area contributed by atoms with Crippen LogP contribution in [0.2, 0.25) is 0 Å². The molecule has 0 aliphatic rings. The molecule has 1 rings (SSSR count). The lowest BCUT2D eigenvalue weighted by atomic mass is 10.3. The Morgan fingerprint density at radius 2 is 2.33 bits per heavy atom. The molecule has 0 radical (unpaired) electrons. The number of ether oxygens (including phenoxy) is 1. The number of rotatable bonds is 10. The second kappa shape index (κ2) is 9.61. The summed E-state index contributed by atoms with van der Waals surface area (Å²) in [6, 6.07) is 0. The number of hydrogen-bond donors (Lipinski definition) is 3. The van der Waals surface area contributed by atoms with Crippen molar-refractivity contribution in [3.63, 3.8) is 0 Å². The summed E-state index contributed by atoms with van der Waals surface area (Å²) in [4.78, 5) is 17.9. The van der Waals surface area contributed by atoms with Gasteiger partial charge in [0.2, 0.25) is 5.91 Å². The number of H-pyrrole nitrogens is 1. The van der Waals surface area contributed by atoms with Crippen molar-refractivity contribution in [3.8, 4) is 0 Å². The molecule has 0 bridgehead atoms. The Hall–Kier alpha value is -1.40. The van der Waals surface area contributed by atoms with Crippen LogP contribution in [0.15, 0.2) is 12.5 Å². The number of likely N-dealkylation sites (N-methyl/N-ethyl adjacent to an activating group) is 1. The number of aromatic amines is 1. The van der Waals surface area contributed by atoms with E-state index in [1.54, 1.807) is 13.4 Å². The summed E-state index contributed by atoms with van der Waals surface area (Å²) in [7, 11) is 1.61. The van der Waals surface area contributed by atoms with E-state index >= 15 is 0 Å². The van der Waals surface area contributed by atoms with Gasteiger partial charge in [0.1, 0.15) is 6.61 Å². The predicted molar refractivity (Wildman–Crippen MR) is 69.3 cm³/mol. The molecule has 18 heavy (non-hydrogen) atoms. The van der Waals surface area contributed by atoms with Gasteiger partial charge >= 0.3 is 0 Å². The number of unbranched alkanes of at least 4 members (excludes halogenated alkanes) is 1. The average molecular weight is 254 g/mol. The molecule has 0 fully saturated rings. The van der Waals surface area contributed by atoms with Gasteiger partial charge in [0.15, 0.2) is 0 Å². The highest BCUT2D eigenvalue weighted by atomic mass is 16.5. The molecule has 1 aromatic rings. The van der Waals surface area contributed by atoms with Crippen molar-refractivity contribution in [2.24, 2.45) is 0 Å². The lowest BCUT2D eigenvalue weighted by Gasteiger charge is -2.05. The van der Waals surface area contributed by atoms with Crippen molar-refractivity contribution in [3.05, 3.63) is 18.2 Å². The molecule has 0 aliphatic carbocycles. The Balaban J connectivity index is 1.80. The molecule has 0 atom stereocenters. The van der Waals surface area contributed by atoms with Gasteiger partial charge in [-0.25, -0.2) is 4.98 Å². The highest BCUT2D eigenvalue weighted by Crippen LogP contribution is 1.92. The minimum absolute atomic E-state index is 0.0762. The van der Waals surface area contributed by atoms with Gasteiger partial charge in [-0.05, 0) is 19.4 Å². The summed E-state index contributed by atoms with van der Waals surface area (Å²) in [6.45, 7) is 2.71. The van der Waals surface area contributed by atoms with Gasteiger partial charge in [-0.2, -0.15) is 0 Å². The van der Waals surface area contributed by atoms with Crippen LogP contribution in [0, 0.1) is 0 Å². The fourth-order valence-electron chi connectivity index (χ4n) is 1.46. The summed E-state index contributed by atoms with van der Waals surface area (Å²) < 4.78 is 5.20. The van der Waals surface area contributed by atoms with Crippen LogP contribution in [0.1, 0.15) is 18.5 Å². The largest absolute Gasteiger partial charge is 0.372 e. The Morgan fingerprint density at radius 1 is 1.44 bits per heavy atom. The number of aromatic nitrogens is 2. The van der Waals surface area contributed by atoms with Crippen molar-refractivity contribution in [1.82, 2.24) is 20.6 Å². The van der Waals surface area contributed by atoms with Crippen molar-refractivity contribution >= 4 is 5.91 Å². The number of amides is 1. The molecule has 6 heteroatoms. The SMILES string of the molecule is CNC(=O)COCCCCNCCc1cnc[nH]1. The first-order chi connectivity index (χ1) is 8.83. The van der Waals surface area contributed by atoms with Crippen LogP contribution < -0.4 is 10.6 Å². The topological polar surface area (TPSA) is 79.0 Å². The predicted octanol–water partition coefficient (Wildman–Crippen LogP) is 0.0846. The monoisotopic (exact) mass is 254 g/mol. The fraction of sp³-hybridized carbons (Fsp3) is 0.667. The standard InChI is InChI=1S/C12H22N4O2/c1-13-12(17)9-18-7-3-2-5-14-6-4-11-8-15-10-16-11/h8,10,14H,2-7,9H2,1H3,(H,13,17)(H,15,16). The van der Waals surface area contributed by atoms with Gasteiger partial charge in [0.25, 0.3) is 0 Å². The van der Waals surface area contributed by atoms with Crippen LogP contribution >= 0.6 is 0 Å². The number of carbonyl (C=O) groups is 1. The maximum atomic E-state index is 10.8. The minimum Gasteiger partial charge on any atom is -0.372 e. The summed E-state index contributed by atoms with van der Waals surface area (Å²) in [6.07, 6.45) is 6.52. The van der Waals surface area contributed by atoms with Crippen LogP contribution in [0.5, 0.6) is 0 Å². The molecule has 3 N–H and O–H groups in total. The molecule has 1 amide bonds. The Labute approximate surface area is 108 Å². The van der Waals surface area contributed by atoms with Crippen molar-refractivity contribution in [1.29, 1.82) is 0 Å². The molecule has 0 spiro atoms. The summed E-state index contributed by atoms with van der Waals surface area (Å²) in [5, 5.41) is 5.86. The first-order valence-corrected chi connectivity index (χ1v) is 6.29. The van der Waals surface area contributed by atoms with E-state index in [2.05, 4.69) is 20.6 Å². The smallest absolute Gasteiger partial charge is 0.245 e. The van der Waals surface area contributed by atoms with Crippen LogP contribution in [0.3, 0.4) is 0 Å². The summed E-state index contributed by atoms with van der Waals surface area (Å²) in [5.41, 5.74) is 1.15. The number of imidazole rings is 1. The molecule has 1 heterocycles. The maximum Gasteiger partial charge on any atom is 0.245 e. The van der Waals surface area contributed by atoms with Gasteiger partial charge in [-0.3, -0.25) is 4.79 Å². The molecule has 0 unspecified atom stereocenters. The third-order valence-electron chi connectivity index (χ3n) is 2.53. The van der Waals surface area contributed by atoms with E-state index in [0.29, 0.717) is 6.61 Å². The Bertz CT molecular complexity index is 314. The van der Waals surface area contributed by atoms with Crippen LogP contribution in [-0.2, 0) is 16.0 Å². The lowest BCUT2D eigenvalue weighted by Crippen LogP contribution is -2.23. The van der Waals surface area contributed by atoms with Gasteiger partial charge in [-0.15, -0.1) is 0 Å². The van der Waals surface area contributed by atoms with Crippen LogP contribution in [-0.4, -0.2) is 49.2 Å². The summed E-state index contributed by atoms with van der Waals surface area (Å²) in [5.74, 6) is -0.0762. The highest BCUT2D eigenvalue weighted by Gasteiger charge is 1.97. The zero-order valence-corrected chi connectivity index (χ0v) is 10.9. The van der Waals surface area contributed by atoms with E-state index in [9.17, 15) is 4.79 Å². The van der Waals surface area contributed by atoms with E-state index in [0.717, 1.165) is 38.0 Å². The lowest BCUT2D eigenvalue weighted by molar-refractivity contribution is -0.125. The average Bonchev–Trinajstić information content (AvgIpc) is 2.89. The van der Waals surface area contributed by atoms with Crippen molar-refractivity contribution < 1.29 is 9.53 Å². The van der Waals surface area contributed by atoms with E-state index in [1.807, 2.05) is 6.20 Å². The van der Waals surface area contributed by atoms with Crippen LogP contribution in [0.25, 0.3) is 0 Å². The second-order valence-electron chi connectivity index (χ2n) is 4.01. The quantitative estimate of drug-likeness (QED) is 0.517. The Morgan fingerprint density at radius 3 is 3.06 bits per heavy atom. The first-order valence-electron chi connectivity index (χ1n) is 6.29. The maximum absolute atomic E-state index is 10.8. The molecule has 0 saturated carbocycles. The second-order valence-corrected chi connectivity index (χ2v) is 4.01. The van der Waals surface area contributed by atoms with E-state index in [1.165, 1.54) is 0 Å². The van der Waals surface area contributed by atoms with Crippen molar-refractivity contribution in [2.45, 2.75) is 19.3 Å². The van der Waals surface area contributed by atoms with E-state index in [4.69, 9.17) is 4.74 Å². The molecule has 0 aromatic carbocycles. The number of hydrogen-bond acceptors (Lipinski definition) is 4. The van der Waals surface area contributed by atoms with Gasteiger partial charge in [0, 0.05) is 38.5 Å². The van der Waals surface area contributed by atoms with E-state index in [-0.39, 0.29) is 12.5 Å². The molecule has 0 aliphatic heterocycles. The number of carbonyl (C=O) groups excluding carboxylic acids is 1. The van der Waals surface area contributed by atoms with Gasteiger partial charge < -0.3 is 20.4 Å². The minimum atomic E-state index is -0.0762. The molecule has 102 valence electrons. The van der Waals surface area contributed by atoms with E-state index < -0.39 is 0 Å². The normalized spacial score (nSPS) is 10.5. The van der Waals surface area contributed by atoms with Crippen molar-refractivity contribution in [2.75, 3.05) is 33.4 Å².